The largest absolute Gasteiger partial charge is 0.393 e. The molecule has 1 aliphatic carbocycles. The van der Waals surface area contributed by atoms with Gasteiger partial charge in [-0.25, -0.2) is 4.98 Å². The molecule has 2 N–H and O–H groups in total. The summed E-state index contributed by atoms with van der Waals surface area (Å²) < 4.78 is 1.70. The Morgan fingerprint density at radius 1 is 1.45 bits per heavy atom. The number of aliphatic hydroxyl groups is 1. The van der Waals surface area contributed by atoms with Crippen LogP contribution in [0.4, 0.5) is 0 Å². The lowest BCUT2D eigenvalue weighted by Crippen LogP contribution is -2.32. The SMILES string of the molecule is Cc1cc(C(=O)NCC2CCCC2O)c2c(C)nn(C)c2n1. The Bertz CT molecular complexity index is 722. The number of carbonyl (C=O) groups is 1. The highest BCUT2D eigenvalue weighted by atomic mass is 16.3. The highest BCUT2D eigenvalue weighted by Crippen LogP contribution is 2.25. The van der Waals surface area contributed by atoms with Gasteiger partial charge in [-0.3, -0.25) is 9.48 Å². The Labute approximate surface area is 129 Å². The van der Waals surface area contributed by atoms with Gasteiger partial charge in [0.15, 0.2) is 5.65 Å². The molecule has 0 aliphatic heterocycles. The molecule has 0 saturated heterocycles. The fourth-order valence-corrected chi connectivity index (χ4v) is 3.32. The number of nitrogens with zero attached hydrogens (tertiary/aromatic N) is 3. The fourth-order valence-electron chi connectivity index (χ4n) is 3.32. The molecular formula is C16H22N4O2. The number of amides is 1. The molecule has 2 atom stereocenters. The lowest BCUT2D eigenvalue weighted by Gasteiger charge is -2.15. The normalized spacial score (nSPS) is 21.5. The van der Waals surface area contributed by atoms with Crippen LogP contribution < -0.4 is 5.32 Å². The number of pyridine rings is 1. The zero-order chi connectivity index (χ0) is 15.9. The second-order valence-corrected chi connectivity index (χ2v) is 6.19. The number of carbonyl (C=O) groups excluding carboxylic acids is 1. The molecule has 2 aromatic heterocycles. The van der Waals surface area contributed by atoms with Gasteiger partial charge in [-0.05, 0) is 32.8 Å². The van der Waals surface area contributed by atoms with Crippen molar-refractivity contribution in [1.82, 2.24) is 20.1 Å². The fraction of sp³-hybridized carbons (Fsp3) is 0.562. The maximum absolute atomic E-state index is 12.6. The van der Waals surface area contributed by atoms with E-state index in [1.807, 2.05) is 20.9 Å². The van der Waals surface area contributed by atoms with Gasteiger partial charge in [0.25, 0.3) is 5.91 Å². The number of aryl methyl sites for hydroxylation is 3. The zero-order valence-electron chi connectivity index (χ0n) is 13.3. The van der Waals surface area contributed by atoms with Crippen LogP contribution >= 0.6 is 0 Å². The van der Waals surface area contributed by atoms with Gasteiger partial charge in [-0.15, -0.1) is 0 Å². The van der Waals surface area contributed by atoms with E-state index in [0.29, 0.717) is 12.1 Å². The molecule has 3 rings (SSSR count). The molecule has 0 spiro atoms. The Morgan fingerprint density at radius 2 is 2.23 bits per heavy atom. The smallest absolute Gasteiger partial charge is 0.252 e. The predicted molar refractivity (Wildman–Crippen MR) is 83.7 cm³/mol. The monoisotopic (exact) mass is 302 g/mol. The summed E-state index contributed by atoms with van der Waals surface area (Å²) in [5.41, 5.74) is 2.93. The molecule has 1 fully saturated rings. The molecule has 2 heterocycles. The van der Waals surface area contributed by atoms with Gasteiger partial charge in [-0.1, -0.05) is 6.42 Å². The lowest BCUT2D eigenvalue weighted by atomic mass is 10.1. The molecule has 0 bridgehead atoms. The van der Waals surface area contributed by atoms with E-state index < -0.39 is 0 Å². The van der Waals surface area contributed by atoms with E-state index in [4.69, 9.17) is 0 Å². The number of nitrogens with one attached hydrogen (secondary N) is 1. The van der Waals surface area contributed by atoms with Gasteiger partial charge in [0, 0.05) is 25.2 Å². The van der Waals surface area contributed by atoms with Gasteiger partial charge < -0.3 is 10.4 Å². The van der Waals surface area contributed by atoms with E-state index in [0.717, 1.165) is 41.7 Å². The summed E-state index contributed by atoms with van der Waals surface area (Å²) in [7, 11) is 1.83. The molecule has 1 aliphatic rings. The van der Waals surface area contributed by atoms with E-state index >= 15 is 0 Å². The van der Waals surface area contributed by atoms with Crippen LogP contribution in [0.25, 0.3) is 11.0 Å². The van der Waals surface area contributed by atoms with Gasteiger partial charge >= 0.3 is 0 Å². The summed E-state index contributed by atoms with van der Waals surface area (Å²) in [6, 6.07) is 1.80. The molecule has 0 radical (unpaired) electrons. The molecule has 22 heavy (non-hydrogen) atoms. The van der Waals surface area contributed by atoms with Gasteiger partial charge in [0.1, 0.15) is 0 Å². The number of rotatable bonds is 3. The maximum atomic E-state index is 12.6. The minimum atomic E-state index is -0.292. The van der Waals surface area contributed by atoms with Crippen molar-refractivity contribution in [3.8, 4) is 0 Å². The Kier molecular flexibility index (Phi) is 3.87. The molecule has 6 nitrogen and oxygen atoms in total. The van der Waals surface area contributed by atoms with Crippen LogP contribution in [0.3, 0.4) is 0 Å². The average molecular weight is 302 g/mol. The van der Waals surface area contributed by atoms with Crippen molar-refractivity contribution in [1.29, 1.82) is 0 Å². The third kappa shape index (κ3) is 2.59. The predicted octanol–water partition coefficient (Wildman–Crippen LogP) is 1.48. The first-order valence-corrected chi connectivity index (χ1v) is 7.74. The first-order valence-electron chi connectivity index (χ1n) is 7.74. The zero-order valence-corrected chi connectivity index (χ0v) is 13.3. The van der Waals surface area contributed by atoms with Crippen LogP contribution in [0.1, 0.15) is 41.0 Å². The van der Waals surface area contributed by atoms with Crippen molar-refractivity contribution in [2.75, 3.05) is 6.54 Å². The topological polar surface area (TPSA) is 80.0 Å². The van der Waals surface area contributed by atoms with E-state index in [2.05, 4.69) is 15.4 Å². The summed E-state index contributed by atoms with van der Waals surface area (Å²) in [4.78, 5) is 17.0. The Hall–Kier alpha value is -1.95. The van der Waals surface area contributed by atoms with E-state index in [-0.39, 0.29) is 17.9 Å². The number of aromatic nitrogens is 3. The summed E-state index contributed by atoms with van der Waals surface area (Å²) in [5, 5.41) is 18.0. The summed E-state index contributed by atoms with van der Waals surface area (Å²) in [6.45, 7) is 4.28. The van der Waals surface area contributed by atoms with Crippen molar-refractivity contribution in [2.24, 2.45) is 13.0 Å². The molecular weight excluding hydrogens is 280 g/mol. The molecule has 2 aromatic rings. The van der Waals surface area contributed by atoms with Crippen LogP contribution in [0, 0.1) is 19.8 Å². The van der Waals surface area contributed by atoms with Gasteiger partial charge in [-0.2, -0.15) is 5.10 Å². The van der Waals surface area contributed by atoms with Crippen molar-refractivity contribution >= 4 is 16.9 Å². The highest BCUT2D eigenvalue weighted by molar-refractivity contribution is 6.06. The third-order valence-corrected chi connectivity index (χ3v) is 4.49. The van der Waals surface area contributed by atoms with Gasteiger partial charge in [0.2, 0.25) is 0 Å². The molecule has 2 unspecified atom stereocenters. The molecule has 0 aromatic carbocycles. The van der Waals surface area contributed by atoms with E-state index in [9.17, 15) is 9.90 Å². The number of fused-ring (bicyclic) bond motifs is 1. The van der Waals surface area contributed by atoms with Crippen molar-refractivity contribution in [3.05, 3.63) is 23.0 Å². The molecule has 1 amide bonds. The number of hydrogen-bond acceptors (Lipinski definition) is 4. The molecule has 6 heteroatoms. The number of hydrogen-bond donors (Lipinski definition) is 2. The van der Waals surface area contributed by atoms with E-state index in [1.165, 1.54) is 0 Å². The Balaban J connectivity index is 1.87. The first kappa shape index (κ1) is 15.0. The standard InChI is InChI=1S/C16H22N4O2/c1-9-7-12(14-10(2)19-20(3)15(14)18-9)16(22)17-8-11-5-4-6-13(11)21/h7,11,13,21H,4-6,8H2,1-3H3,(H,17,22). The quantitative estimate of drug-likeness (QED) is 0.900. The van der Waals surface area contributed by atoms with Crippen LogP contribution in [-0.2, 0) is 7.05 Å². The van der Waals surface area contributed by atoms with Crippen molar-refractivity contribution in [3.63, 3.8) is 0 Å². The van der Waals surface area contributed by atoms with Crippen molar-refractivity contribution < 1.29 is 9.90 Å². The summed E-state index contributed by atoms with van der Waals surface area (Å²) >= 11 is 0. The van der Waals surface area contributed by atoms with Crippen LogP contribution in [0.5, 0.6) is 0 Å². The van der Waals surface area contributed by atoms with Crippen LogP contribution in [-0.4, -0.2) is 38.4 Å². The molecule has 1 saturated carbocycles. The van der Waals surface area contributed by atoms with Crippen molar-refractivity contribution in [2.45, 2.75) is 39.2 Å². The summed E-state index contributed by atoms with van der Waals surface area (Å²) in [5.74, 6) is 0.0445. The lowest BCUT2D eigenvalue weighted by molar-refractivity contribution is 0.0918. The average Bonchev–Trinajstić information content (AvgIpc) is 3.00. The number of aliphatic hydroxyl groups excluding tert-OH is 1. The second-order valence-electron chi connectivity index (χ2n) is 6.19. The minimum Gasteiger partial charge on any atom is -0.393 e. The highest BCUT2D eigenvalue weighted by Gasteiger charge is 2.26. The third-order valence-electron chi connectivity index (χ3n) is 4.49. The van der Waals surface area contributed by atoms with Crippen LogP contribution in [0.2, 0.25) is 0 Å². The van der Waals surface area contributed by atoms with E-state index in [1.54, 1.807) is 10.7 Å². The van der Waals surface area contributed by atoms with Gasteiger partial charge in [0.05, 0.1) is 22.7 Å². The second kappa shape index (κ2) is 5.68. The maximum Gasteiger partial charge on any atom is 0.252 e. The van der Waals surface area contributed by atoms with Crippen LogP contribution in [0.15, 0.2) is 6.07 Å². The summed E-state index contributed by atoms with van der Waals surface area (Å²) in [6.07, 6.45) is 2.54. The minimum absolute atomic E-state index is 0.120. The first-order chi connectivity index (χ1) is 10.5. The Morgan fingerprint density at radius 3 is 2.91 bits per heavy atom. The molecule has 118 valence electrons.